The maximum absolute atomic E-state index is 12.4. The first kappa shape index (κ1) is 13.2. The second-order valence-corrected chi connectivity index (χ2v) is 4.09. The molecule has 2 aromatic heterocycles. The molecule has 0 saturated carbocycles. The van der Waals surface area contributed by atoms with E-state index in [2.05, 4.69) is 10.1 Å². The lowest BCUT2D eigenvalue weighted by atomic mass is 10.3. The summed E-state index contributed by atoms with van der Waals surface area (Å²) < 4.78 is 38.2. The van der Waals surface area contributed by atoms with Crippen molar-refractivity contribution in [2.24, 2.45) is 0 Å². The zero-order valence-corrected chi connectivity index (χ0v) is 10.3. The molecular formula is C10H6Cl2F3N3. The highest BCUT2D eigenvalue weighted by Gasteiger charge is 2.33. The summed E-state index contributed by atoms with van der Waals surface area (Å²) in [6.07, 6.45) is -1.98. The van der Waals surface area contributed by atoms with Gasteiger partial charge in [0.25, 0.3) is 0 Å². The number of pyridine rings is 1. The summed E-state index contributed by atoms with van der Waals surface area (Å²) in [5, 5.41) is 3.76. The molecule has 0 amide bonds. The van der Waals surface area contributed by atoms with Gasteiger partial charge in [0.15, 0.2) is 11.5 Å². The molecule has 0 saturated heterocycles. The molecule has 0 radical (unpaired) electrons. The molecule has 8 heteroatoms. The molecule has 2 rings (SSSR count). The third kappa shape index (κ3) is 2.59. The number of alkyl halides is 4. The first-order chi connectivity index (χ1) is 8.41. The predicted octanol–water partition coefficient (Wildman–Crippen LogP) is 3.68. The van der Waals surface area contributed by atoms with Gasteiger partial charge in [-0.05, 0) is 17.7 Å². The summed E-state index contributed by atoms with van der Waals surface area (Å²) in [4.78, 5) is 3.90. The number of halogens is 5. The van der Waals surface area contributed by atoms with Gasteiger partial charge in [0.2, 0.25) is 0 Å². The molecule has 0 aliphatic rings. The fourth-order valence-electron chi connectivity index (χ4n) is 1.30. The first-order valence-corrected chi connectivity index (χ1v) is 5.66. The zero-order valence-electron chi connectivity index (χ0n) is 8.75. The summed E-state index contributed by atoms with van der Waals surface area (Å²) in [5.41, 5.74) is -0.404. The molecule has 0 atom stereocenters. The molecule has 18 heavy (non-hydrogen) atoms. The molecule has 0 aliphatic carbocycles. The maximum atomic E-state index is 12.4. The van der Waals surface area contributed by atoms with Gasteiger partial charge >= 0.3 is 6.18 Å². The molecule has 0 fully saturated rings. The maximum Gasteiger partial charge on any atom is 0.435 e. The molecule has 0 aliphatic heterocycles. The van der Waals surface area contributed by atoms with Gasteiger partial charge in [-0.15, -0.1) is 11.6 Å². The van der Waals surface area contributed by atoms with Crippen molar-refractivity contribution < 1.29 is 13.2 Å². The van der Waals surface area contributed by atoms with Crippen LogP contribution in [-0.2, 0) is 12.1 Å². The van der Waals surface area contributed by atoms with E-state index < -0.39 is 11.9 Å². The molecule has 2 aromatic rings. The van der Waals surface area contributed by atoms with Gasteiger partial charge in [0, 0.05) is 18.3 Å². The van der Waals surface area contributed by atoms with Gasteiger partial charge in [0.1, 0.15) is 0 Å². The Morgan fingerprint density at radius 3 is 2.61 bits per heavy atom. The van der Waals surface area contributed by atoms with Gasteiger partial charge < -0.3 is 0 Å². The Bertz CT molecular complexity index is 566. The molecule has 0 spiro atoms. The highest BCUT2D eigenvalue weighted by molar-refractivity contribution is 6.32. The van der Waals surface area contributed by atoms with Crippen molar-refractivity contribution in [1.29, 1.82) is 0 Å². The van der Waals surface area contributed by atoms with Crippen molar-refractivity contribution in [3.8, 4) is 5.82 Å². The Balaban J connectivity index is 2.40. The molecule has 0 N–H and O–H groups in total. The molecule has 0 aromatic carbocycles. The molecule has 96 valence electrons. The lowest BCUT2D eigenvalue weighted by Crippen LogP contribution is -2.08. The SMILES string of the molecule is FC(F)(F)c1ccn(-c2cc(CCl)c(Cl)cn2)n1. The summed E-state index contributed by atoms with van der Waals surface area (Å²) in [5.74, 6) is 0.368. The van der Waals surface area contributed by atoms with Gasteiger partial charge in [-0.25, -0.2) is 9.67 Å². The van der Waals surface area contributed by atoms with E-state index in [4.69, 9.17) is 23.2 Å². The number of hydrogen-bond acceptors (Lipinski definition) is 2. The molecule has 3 nitrogen and oxygen atoms in total. The molecular weight excluding hydrogens is 290 g/mol. The minimum atomic E-state index is -4.48. The summed E-state index contributed by atoms with van der Waals surface area (Å²) in [6.45, 7) is 0. The van der Waals surface area contributed by atoms with Crippen LogP contribution >= 0.6 is 23.2 Å². The van der Waals surface area contributed by atoms with Crippen molar-refractivity contribution in [1.82, 2.24) is 14.8 Å². The fraction of sp³-hybridized carbons (Fsp3) is 0.200. The van der Waals surface area contributed by atoms with Crippen LogP contribution in [0.2, 0.25) is 5.02 Å². The Hall–Kier alpha value is -1.27. The first-order valence-electron chi connectivity index (χ1n) is 4.75. The lowest BCUT2D eigenvalue weighted by molar-refractivity contribution is -0.141. The van der Waals surface area contributed by atoms with Gasteiger partial charge in [-0.2, -0.15) is 18.3 Å². The van der Waals surface area contributed by atoms with Crippen molar-refractivity contribution in [3.63, 3.8) is 0 Å². The minimum absolute atomic E-state index is 0.141. The lowest BCUT2D eigenvalue weighted by Gasteiger charge is -2.05. The Labute approximate surface area is 110 Å². The Kier molecular flexibility index (Phi) is 3.49. The number of rotatable bonds is 2. The van der Waals surface area contributed by atoms with E-state index in [0.29, 0.717) is 10.6 Å². The van der Waals surface area contributed by atoms with Crippen LogP contribution in [0.25, 0.3) is 5.82 Å². The third-order valence-electron chi connectivity index (χ3n) is 2.18. The van der Waals surface area contributed by atoms with Crippen LogP contribution in [0.1, 0.15) is 11.3 Å². The van der Waals surface area contributed by atoms with E-state index >= 15 is 0 Å². The Morgan fingerprint density at radius 2 is 2.06 bits per heavy atom. The van der Waals surface area contributed by atoms with E-state index in [1.54, 1.807) is 0 Å². The van der Waals surface area contributed by atoms with Crippen LogP contribution in [-0.4, -0.2) is 14.8 Å². The Morgan fingerprint density at radius 1 is 1.33 bits per heavy atom. The zero-order chi connectivity index (χ0) is 13.3. The van der Waals surface area contributed by atoms with Gasteiger partial charge in [-0.1, -0.05) is 11.6 Å². The number of aromatic nitrogens is 3. The second-order valence-electron chi connectivity index (χ2n) is 3.41. The topological polar surface area (TPSA) is 30.7 Å². The molecule has 0 unspecified atom stereocenters. The number of nitrogens with zero attached hydrogens (tertiary/aromatic N) is 3. The summed E-state index contributed by atoms with van der Waals surface area (Å²) >= 11 is 11.5. The quantitative estimate of drug-likeness (QED) is 0.791. The van der Waals surface area contributed by atoms with E-state index in [1.165, 1.54) is 18.5 Å². The van der Waals surface area contributed by atoms with E-state index in [1.807, 2.05) is 0 Å². The highest BCUT2D eigenvalue weighted by Crippen LogP contribution is 2.28. The molecule has 0 bridgehead atoms. The average Bonchev–Trinajstić information content (AvgIpc) is 2.78. The van der Waals surface area contributed by atoms with E-state index in [-0.39, 0.29) is 11.7 Å². The average molecular weight is 296 g/mol. The van der Waals surface area contributed by atoms with Gasteiger partial charge in [0.05, 0.1) is 5.02 Å². The van der Waals surface area contributed by atoms with E-state index in [0.717, 1.165) is 10.7 Å². The van der Waals surface area contributed by atoms with Crippen molar-refractivity contribution in [2.75, 3.05) is 0 Å². The summed E-state index contributed by atoms with van der Waals surface area (Å²) in [7, 11) is 0. The highest BCUT2D eigenvalue weighted by atomic mass is 35.5. The van der Waals surface area contributed by atoms with Crippen LogP contribution in [0.5, 0.6) is 0 Å². The van der Waals surface area contributed by atoms with Crippen molar-refractivity contribution in [3.05, 3.63) is 40.8 Å². The van der Waals surface area contributed by atoms with Crippen LogP contribution in [0, 0.1) is 0 Å². The third-order valence-corrected chi connectivity index (χ3v) is 2.81. The van der Waals surface area contributed by atoms with Crippen molar-refractivity contribution >= 4 is 23.2 Å². The number of hydrogen-bond donors (Lipinski definition) is 0. The largest absolute Gasteiger partial charge is 0.435 e. The van der Waals surface area contributed by atoms with Crippen LogP contribution < -0.4 is 0 Å². The predicted molar refractivity (Wildman–Crippen MR) is 60.9 cm³/mol. The van der Waals surface area contributed by atoms with Gasteiger partial charge in [-0.3, -0.25) is 0 Å². The van der Waals surface area contributed by atoms with Crippen molar-refractivity contribution in [2.45, 2.75) is 12.1 Å². The second kappa shape index (κ2) is 4.78. The summed E-state index contributed by atoms with van der Waals surface area (Å²) in [6, 6.07) is 2.36. The standard InChI is InChI=1S/C10H6Cl2F3N3/c11-4-6-3-9(16-5-7(6)12)18-2-1-8(17-18)10(13,14)15/h1-3,5H,4H2. The normalized spacial score (nSPS) is 11.8. The smallest absolute Gasteiger partial charge is 0.236 e. The van der Waals surface area contributed by atoms with Crippen LogP contribution in [0.4, 0.5) is 13.2 Å². The van der Waals surface area contributed by atoms with Crippen LogP contribution in [0.3, 0.4) is 0 Å². The minimum Gasteiger partial charge on any atom is -0.236 e. The molecule has 2 heterocycles. The fourth-order valence-corrected chi connectivity index (χ4v) is 1.76. The van der Waals surface area contributed by atoms with Crippen LogP contribution in [0.15, 0.2) is 24.5 Å². The monoisotopic (exact) mass is 295 g/mol. The van der Waals surface area contributed by atoms with E-state index in [9.17, 15) is 13.2 Å².